The molecule has 1 atom stereocenters. The Labute approximate surface area is 102 Å². The highest BCUT2D eigenvalue weighted by atomic mass is 19.1. The van der Waals surface area contributed by atoms with Crippen molar-refractivity contribution < 1.29 is 18.8 Å². The van der Waals surface area contributed by atoms with Crippen LogP contribution in [0.4, 0.5) is 10.1 Å². The molecular weight excluding hydrogens is 245 g/mol. The second-order valence-electron chi connectivity index (χ2n) is 3.42. The third kappa shape index (κ3) is 3.39. The first-order chi connectivity index (χ1) is 8.45. The van der Waals surface area contributed by atoms with Crippen LogP contribution in [0.3, 0.4) is 0 Å². The lowest BCUT2D eigenvalue weighted by atomic mass is 10.3. The molecular formula is C10H12FN3O4. The van der Waals surface area contributed by atoms with E-state index in [1.165, 1.54) is 13.1 Å². The van der Waals surface area contributed by atoms with Crippen molar-refractivity contribution in [3.8, 4) is 5.75 Å². The maximum absolute atomic E-state index is 13.2. The van der Waals surface area contributed by atoms with Gasteiger partial charge in [-0.15, -0.1) is 0 Å². The van der Waals surface area contributed by atoms with Crippen molar-refractivity contribution >= 4 is 11.6 Å². The number of amides is 1. The Morgan fingerprint density at radius 3 is 2.78 bits per heavy atom. The molecule has 1 rings (SSSR count). The van der Waals surface area contributed by atoms with Gasteiger partial charge in [-0.05, 0) is 13.1 Å². The lowest BCUT2D eigenvalue weighted by Gasteiger charge is -2.13. The Kier molecular flexibility index (Phi) is 4.55. The molecule has 98 valence electrons. The first-order valence-electron chi connectivity index (χ1n) is 4.99. The van der Waals surface area contributed by atoms with Gasteiger partial charge < -0.3 is 15.8 Å². The number of nitrogens with one attached hydrogen (secondary N) is 1. The summed E-state index contributed by atoms with van der Waals surface area (Å²) in [6.07, 6.45) is 0. The number of hydrogen-bond donors (Lipinski definition) is 2. The molecule has 7 nitrogen and oxygen atoms in total. The second-order valence-corrected chi connectivity index (χ2v) is 3.42. The van der Waals surface area contributed by atoms with E-state index in [9.17, 15) is 19.3 Å². The third-order valence-electron chi connectivity index (χ3n) is 2.22. The topological polar surface area (TPSA) is 107 Å². The van der Waals surface area contributed by atoms with Gasteiger partial charge in [0.05, 0.1) is 4.92 Å². The maximum Gasteiger partial charge on any atom is 0.305 e. The Hall–Kier alpha value is -2.22. The molecule has 1 aromatic carbocycles. The zero-order valence-corrected chi connectivity index (χ0v) is 9.55. The molecule has 0 bridgehead atoms. The highest BCUT2D eigenvalue weighted by molar-refractivity contribution is 5.79. The minimum atomic E-state index is -1.00. The summed E-state index contributed by atoms with van der Waals surface area (Å²) in [6.45, 7) is -0.0942. The summed E-state index contributed by atoms with van der Waals surface area (Å²) in [5, 5.41) is 13.0. The fourth-order valence-electron chi connectivity index (χ4n) is 1.21. The smallest absolute Gasteiger partial charge is 0.305 e. The number of rotatable bonds is 6. The van der Waals surface area contributed by atoms with Crippen molar-refractivity contribution in [2.45, 2.75) is 6.04 Å². The van der Waals surface area contributed by atoms with Gasteiger partial charge in [-0.2, -0.15) is 4.39 Å². The van der Waals surface area contributed by atoms with Gasteiger partial charge >= 0.3 is 5.69 Å². The largest absolute Gasteiger partial charge is 0.491 e. The number of halogens is 1. The fourth-order valence-corrected chi connectivity index (χ4v) is 1.21. The zero-order valence-electron chi connectivity index (χ0n) is 9.55. The number of carbonyl (C=O) groups excluding carboxylic acids is 1. The Morgan fingerprint density at radius 2 is 2.33 bits per heavy atom. The van der Waals surface area contributed by atoms with Crippen LogP contribution in [0.25, 0.3) is 0 Å². The lowest BCUT2D eigenvalue weighted by Crippen LogP contribution is -2.43. The highest BCUT2D eigenvalue weighted by Gasteiger charge is 2.16. The van der Waals surface area contributed by atoms with Gasteiger partial charge in [0.1, 0.15) is 18.4 Å². The van der Waals surface area contributed by atoms with Gasteiger partial charge in [-0.25, -0.2) is 0 Å². The number of nitrogens with two attached hydrogens (primary N) is 1. The molecule has 0 aliphatic carbocycles. The molecule has 0 fully saturated rings. The highest BCUT2D eigenvalue weighted by Crippen LogP contribution is 2.22. The molecule has 0 heterocycles. The van der Waals surface area contributed by atoms with Crippen LogP contribution >= 0.6 is 0 Å². The van der Waals surface area contributed by atoms with Crippen LogP contribution in [0.2, 0.25) is 0 Å². The van der Waals surface area contributed by atoms with Crippen LogP contribution in [-0.2, 0) is 4.79 Å². The summed E-state index contributed by atoms with van der Waals surface area (Å²) in [6, 6.07) is 2.40. The molecule has 0 radical (unpaired) electrons. The van der Waals surface area contributed by atoms with Crippen molar-refractivity contribution in [3.63, 3.8) is 0 Å². The first kappa shape index (κ1) is 13.8. The number of primary amides is 1. The molecule has 0 saturated heterocycles. The van der Waals surface area contributed by atoms with Crippen LogP contribution in [-0.4, -0.2) is 30.5 Å². The van der Waals surface area contributed by atoms with E-state index in [-0.39, 0.29) is 12.4 Å². The van der Waals surface area contributed by atoms with Crippen LogP contribution in [0.5, 0.6) is 5.75 Å². The summed E-state index contributed by atoms with van der Waals surface area (Å²) in [7, 11) is 1.52. The normalized spacial score (nSPS) is 11.9. The van der Waals surface area contributed by atoms with E-state index >= 15 is 0 Å². The fraction of sp³-hybridized carbons (Fsp3) is 0.300. The number of likely N-dealkylation sites (N-methyl/N-ethyl adjacent to an activating group) is 1. The van der Waals surface area contributed by atoms with Crippen LogP contribution < -0.4 is 15.8 Å². The van der Waals surface area contributed by atoms with Gasteiger partial charge in [0.25, 0.3) is 0 Å². The first-order valence-corrected chi connectivity index (χ1v) is 4.99. The molecule has 1 unspecified atom stereocenters. The second kappa shape index (κ2) is 5.92. The van der Waals surface area contributed by atoms with Gasteiger partial charge in [-0.3, -0.25) is 14.9 Å². The SMILES string of the molecule is CNC(COc1ccc([N+](=O)[O-])c(F)c1)C(N)=O. The van der Waals surface area contributed by atoms with Crippen molar-refractivity contribution in [2.24, 2.45) is 5.73 Å². The number of carbonyl (C=O) groups is 1. The van der Waals surface area contributed by atoms with Gasteiger partial charge in [0, 0.05) is 12.1 Å². The van der Waals surface area contributed by atoms with Crippen molar-refractivity contribution in [1.29, 1.82) is 0 Å². The van der Waals surface area contributed by atoms with Crippen LogP contribution in [0, 0.1) is 15.9 Å². The standard InChI is InChI=1S/C10H12FN3O4/c1-13-8(10(12)15)5-18-6-2-3-9(14(16)17)7(11)4-6/h2-4,8,13H,5H2,1H3,(H2,12,15). The van der Waals surface area contributed by atoms with Crippen LogP contribution in [0.15, 0.2) is 18.2 Å². The predicted octanol–water partition coefficient (Wildman–Crippen LogP) is 0.186. The predicted molar refractivity (Wildman–Crippen MR) is 60.6 cm³/mol. The van der Waals surface area contributed by atoms with Crippen molar-refractivity contribution in [2.75, 3.05) is 13.7 Å². The zero-order chi connectivity index (χ0) is 13.7. The summed E-state index contributed by atoms with van der Waals surface area (Å²) in [5.41, 5.74) is 4.42. The summed E-state index contributed by atoms with van der Waals surface area (Å²) in [4.78, 5) is 20.4. The Morgan fingerprint density at radius 1 is 1.67 bits per heavy atom. The molecule has 1 aromatic rings. The quantitative estimate of drug-likeness (QED) is 0.558. The van der Waals surface area contributed by atoms with E-state index < -0.39 is 28.4 Å². The maximum atomic E-state index is 13.2. The van der Waals surface area contributed by atoms with Gasteiger partial charge in [0.2, 0.25) is 11.7 Å². The molecule has 0 saturated carbocycles. The van der Waals surface area contributed by atoms with E-state index in [1.807, 2.05) is 0 Å². The molecule has 0 aliphatic heterocycles. The summed E-state index contributed by atoms with van der Waals surface area (Å²) < 4.78 is 18.3. The van der Waals surface area contributed by atoms with E-state index in [1.54, 1.807) is 0 Å². The third-order valence-corrected chi connectivity index (χ3v) is 2.22. The van der Waals surface area contributed by atoms with Crippen molar-refractivity contribution in [1.82, 2.24) is 5.32 Å². The van der Waals surface area contributed by atoms with Crippen molar-refractivity contribution in [3.05, 3.63) is 34.1 Å². The molecule has 1 amide bonds. The lowest BCUT2D eigenvalue weighted by molar-refractivity contribution is -0.387. The molecule has 18 heavy (non-hydrogen) atoms. The van der Waals surface area contributed by atoms with Gasteiger partial charge in [0.15, 0.2) is 0 Å². The number of benzene rings is 1. The van der Waals surface area contributed by atoms with E-state index in [0.717, 1.165) is 12.1 Å². The minimum absolute atomic E-state index is 0.0830. The van der Waals surface area contributed by atoms with E-state index in [4.69, 9.17) is 10.5 Å². The number of hydrogen-bond acceptors (Lipinski definition) is 5. The summed E-state index contributed by atoms with van der Waals surface area (Å²) in [5.74, 6) is -1.53. The van der Waals surface area contributed by atoms with Crippen LogP contribution in [0.1, 0.15) is 0 Å². The number of nitro groups is 1. The average molecular weight is 257 g/mol. The summed E-state index contributed by atoms with van der Waals surface area (Å²) >= 11 is 0. The number of ether oxygens (including phenoxy) is 1. The number of nitrogens with zero attached hydrogens (tertiary/aromatic N) is 1. The Balaban J connectivity index is 2.72. The van der Waals surface area contributed by atoms with E-state index in [0.29, 0.717) is 0 Å². The molecule has 8 heteroatoms. The minimum Gasteiger partial charge on any atom is -0.491 e. The van der Waals surface area contributed by atoms with Gasteiger partial charge in [-0.1, -0.05) is 0 Å². The average Bonchev–Trinajstić information content (AvgIpc) is 2.28. The van der Waals surface area contributed by atoms with E-state index in [2.05, 4.69) is 5.32 Å². The molecule has 3 N–H and O–H groups in total. The Bertz CT molecular complexity index is 466. The molecule has 0 aliphatic rings. The monoisotopic (exact) mass is 257 g/mol. The molecule has 0 spiro atoms. The number of nitro benzene ring substituents is 1. The molecule has 0 aromatic heterocycles.